The average Bonchev–Trinajstić information content (AvgIpc) is 2.37. The molecule has 2 aromatic carbocycles. The minimum atomic E-state index is -4.82. The molecule has 2 N–H and O–H groups in total. The van der Waals surface area contributed by atoms with Crippen LogP contribution in [-0.2, 0) is 6.18 Å². The van der Waals surface area contributed by atoms with Gasteiger partial charge in [-0.2, -0.15) is 13.2 Å². The molecule has 0 aliphatic rings. The lowest BCUT2D eigenvalue weighted by Crippen LogP contribution is -2.18. The van der Waals surface area contributed by atoms with Gasteiger partial charge in [-0.1, -0.05) is 30.3 Å². The maximum Gasteiger partial charge on any atom is 0.419 e. The number of benzene rings is 2. The summed E-state index contributed by atoms with van der Waals surface area (Å²) >= 11 is 0. The van der Waals surface area contributed by atoms with E-state index >= 15 is 0 Å². The third-order valence-corrected chi connectivity index (χ3v) is 2.91. The van der Waals surface area contributed by atoms with Crippen molar-refractivity contribution >= 4 is 0 Å². The molecule has 1 atom stereocenters. The van der Waals surface area contributed by atoms with Crippen molar-refractivity contribution in [3.8, 4) is 0 Å². The molecule has 0 heterocycles. The molecule has 0 radical (unpaired) electrons. The van der Waals surface area contributed by atoms with Crippen LogP contribution in [0.1, 0.15) is 22.7 Å². The van der Waals surface area contributed by atoms with E-state index in [1.807, 2.05) is 0 Å². The lowest BCUT2D eigenvalue weighted by Gasteiger charge is -2.17. The van der Waals surface area contributed by atoms with Gasteiger partial charge in [0.2, 0.25) is 0 Å². The Hall–Kier alpha value is -1.95. The summed E-state index contributed by atoms with van der Waals surface area (Å²) in [7, 11) is 0. The zero-order chi connectivity index (χ0) is 14.9. The Balaban J connectivity index is 2.52. The maximum absolute atomic E-state index is 13.9. The number of nitrogens with two attached hydrogens (primary N) is 1. The van der Waals surface area contributed by atoms with Crippen LogP contribution in [0.5, 0.6) is 0 Å². The molecular weight excluding hydrogens is 277 g/mol. The number of hydrogen-bond acceptors (Lipinski definition) is 1. The molecule has 0 spiro atoms. The summed E-state index contributed by atoms with van der Waals surface area (Å²) in [6.45, 7) is 0. The predicted octanol–water partition coefficient (Wildman–Crippen LogP) is 4.03. The zero-order valence-electron chi connectivity index (χ0n) is 10.1. The van der Waals surface area contributed by atoms with Crippen molar-refractivity contribution in [3.05, 3.63) is 70.8 Å². The molecule has 0 aromatic heterocycles. The molecule has 0 bridgehead atoms. The molecule has 0 fully saturated rings. The van der Waals surface area contributed by atoms with Crippen molar-refractivity contribution in [2.24, 2.45) is 5.73 Å². The monoisotopic (exact) mass is 287 g/mol. The molecule has 0 aliphatic carbocycles. The van der Waals surface area contributed by atoms with Crippen molar-refractivity contribution in [1.82, 2.24) is 0 Å². The lowest BCUT2D eigenvalue weighted by atomic mass is 9.96. The van der Waals surface area contributed by atoms with Crippen LogP contribution < -0.4 is 5.73 Å². The molecule has 0 amide bonds. The van der Waals surface area contributed by atoms with Gasteiger partial charge in [-0.15, -0.1) is 0 Å². The van der Waals surface area contributed by atoms with E-state index < -0.39 is 35.0 Å². The first kappa shape index (κ1) is 14.5. The molecule has 0 aliphatic heterocycles. The minimum Gasteiger partial charge on any atom is -0.320 e. The molecule has 6 heteroatoms. The van der Waals surface area contributed by atoms with Gasteiger partial charge in [0.1, 0.15) is 11.6 Å². The number of hydrogen-bond donors (Lipinski definition) is 1. The number of alkyl halides is 3. The molecule has 0 saturated carbocycles. The Kier molecular flexibility index (Phi) is 3.76. The summed E-state index contributed by atoms with van der Waals surface area (Å²) in [4.78, 5) is 0. The predicted molar refractivity (Wildman–Crippen MR) is 63.8 cm³/mol. The van der Waals surface area contributed by atoms with E-state index in [0.717, 1.165) is 18.2 Å². The fourth-order valence-corrected chi connectivity index (χ4v) is 1.90. The van der Waals surface area contributed by atoms with E-state index in [0.29, 0.717) is 6.07 Å². The third kappa shape index (κ3) is 2.65. The minimum absolute atomic E-state index is 0.0641. The van der Waals surface area contributed by atoms with E-state index in [1.54, 1.807) is 0 Å². The Morgan fingerprint density at radius 3 is 2.05 bits per heavy atom. The van der Waals surface area contributed by atoms with Crippen LogP contribution >= 0.6 is 0 Å². The van der Waals surface area contributed by atoms with E-state index in [-0.39, 0.29) is 5.56 Å². The summed E-state index contributed by atoms with van der Waals surface area (Å²) in [5.41, 5.74) is 3.81. The number of rotatable bonds is 2. The molecule has 1 unspecified atom stereocenters. The zero-order valence-corrected chi connectivity index (χ0v) is 10.1. The second-order valence-corrected chi connectivity index (χ2v) is 4.21. The highest BCUT2D eigenvalue weighted by Crippen LogP contribution is 2.34. The Morgan fingerprint density at radius 1 is 0.850 bits per heavy atom. The second-order valence-electron chi connectivity index (χ2n) is 4.21. The molecule has 0 saturated heterocycles. The summed E-state index contributed by atoms with van der Waals surface area (Å²) < 4.78 is 65.3. The van der Waals surface area contributed by atoms with Gasteiger partial charge in [-0.3, -0.25) is 0 Å². The molecule has 2 rings (SSSR count). The van der Waals surface area contributed by atoms with Gasteiger partial charge < -0.3 is 5.73 Å². The SMILES string of the molecule is NC(c1ccccc1F)c1cccc(C(F)(F)F)c1F. The molecule has 1 nitrogen and oxygen atoms in total. The highest BCUT2D eigenvalue weighted by molar-refractivity contribution is 5.36. The van der Waals surface area contributed by atoms with Gasteiger partial charge >= 0.3 is 6.18 Å². The maximum atomic E-state index is 13.9. The van der Waals surface area contributed by atoms with Crippen molar-refractivity contribution in [2.45, 2.75) is 12.2 Å². The Bertz CT molecular complexity index is 621. The average molecular weight is 287 g/mol. The largest absolute Gasteiger partial charge is 0.419 e. The second kappa shape index (κ2) is 5.20. The van der Waals surface area contributed by atoms with Gasteiger partial charge in [0.25, 0.3) is 0 Å². The van der Waals surface area contributed by atoms with E-state index in [1.165, 1.54) is 18.2 Å². The Morgan fingerprint density at radius 2 is 1.45 bits per heavy atom. The van der Waals surface area contributed by atoms with Gasteiger partial charge in [-0.25, -0.2) is 8.78 Å². The van der Waals surface area contributed by atoms with Crippen LogP contribution in [0.3, 0.4) is 0 Å². The Labute approximate surface area is 111 Å². The van der Waals surface area contributed by atoms with Gasteiger partial charge in [0.15, 0.2) is 0 Å². The van der Waals surface area contributed by atoms with Crippen molar-refractivity contribution in [3.63, 3.8) is 0 Å². The van der Waals surface area contributed by atoms with Crippen LogP contribution in [0.15, 0.2) is 42.5 Å². The first-order valence-corrected chi connectivity index (χ1v) is 5.68. The van der Waals surface area contributed by atoms with Crippen molar-refractivity contribution in [1.29, 1.82) is 0 Å². The fraction of sp³-hybridized carbons (Fsp3) is 0.143. The highest BCUT2D eigenvalue weighted by atomic mass is 19.4. The third-order valence-electron chi connectivity index (χ3n) is 2.91. The first-order chi connectivity index (χ1) is 9.32. The quantitative estimate of drug-likeness (QED) is 0.829. The topological polar surface area (TPSA) is 26.0 Å². The normalized spacial score (nSPS) is 13.3. The van der Waals surface area contributed by atoms with Gasteiger partial charge in [0.05, 0.1) is 11.6 Å². The summed E-state index contributed by atoms with van der Waals surface area (Å²) in [6.07, 6.45) is -4.82. The smallest absolute Gasteiger partial charge is 0.320 e. The van der Waals surface area contributed by atoms with E-state index in [4.69, 9.17) is 5.73 Å². The van der Waals surface area contributed by atoms with Crippen molar-refractivity contribution < 1.29 is 22.0 Å². The van der Waals surface area contributed by atoms with Crippen LogP contribution in [0.2, 0.25) is 0 Å². The van der Waals surface area contributed by atoms with E-state index in [2.05, 4.69) is 0 Å². The molecular formula is C14H10F5N. The molecule has 106 valence electrons. The van der Waals surface area contributed by atoms with Gasteiger partial charge in [-0.05, 0) is 12.1 Å². The van der Waals surface area contributed by atoms with Crippen LogP contribution in [0, 0.1) is 11.6 Å². The van der Waals surface area contributed by atoms with Crippen LogP contribution in [0.4, 0.5) is 22.0 Å². The molecule has 2 aromatic rings. The fourth-order valence-electron chi connectivity index (χ4n) is 1.90. The summed E-state index contributed by atoms with van der Waals surface area (Å²) in [6, 6.07) is 6.77. The van der Waals surface area contributed by atoms with Crippen molar-refractivity contribution in [2.75, 3.05) is 0 Å². The lowest BCUT2D eigenvalue weighted by molar-refractivity contribution is -0.140. The summed E-state index contributed by atoms with van der Waals surface area (Å²) in [5, 5.41) is 0. The highest BCUT2D eigenvalue weighted by Gasteiger charge is 2.35. The number of halogens is 5. The van der Waals surface area contributed by atoms with Gasteiger partial charge in [0, 0.05) is 11.1 Å². The first-order valence-electron chi connectivity index (χ1n) is 5.68. The summed E-state index contributed by atoms with van der Waals surface area (Å²) in [5.74, 6) is -2.17. The van der Waals surface area contributed by atoms with E-state index in [9.17, 15) is 22.0 Å². The van der Waals surface area contributed by atoms with Crippen LogP contribution in [0.25, 0.3) is 0 Å². The standard InChI is InChI=1S/C14H10F5N/c15-11-7-2-1-4-8(11)13(20)9-5-3-6-10(12(9)16)14(17,18)19/h1-7,13H,20H2. The molecule has 20 heavy (non-hydrogen) atoms. The van der Waals surface area contributed by atoms with Crippen LogP contribution in [-0.4, -0.2) is 0 Å².